The number of nitrogens with zero attached hydrogens (tertiary/aromatic N) is 1. The molecule has 4 nitrogen and oxygen atoms in total. The summed E-state index contributed by atoms with van der Waals surface area (Å²) in [5.41, 5.74) is 2.95. The smallest absolute Gasteiger partial charge is 0.271 e. The zero-order valence-electron chi connectivity index (χ0n) is 10.5. The molecular weight excluding hydrogens is 240 g/mol. The number of nitro benzene ring substituents is 1. The van der Waals surface area contributed by atoms with E-state index in [1.807, 2.05) is 43.5 Å². The molecule has 0 amide bonds. The van der Waals surface area contributed by atoms with Crippen molar-refractivity contribution in [2.24, 2.45) is 0 Å². The van der Waals surface area contributed by atoms with E-state index in [1.165, 1.54) is 12.1 Å². The van der Waals surface area contributed by atoms with Gasteiger partial charge in [0, 0.05) is 24.0 Å². The summed E-state index contributed by atoms with van der Waals surface area (Å²) in [6.07, 6.45) is 1.84. The number of allylic oxidation sites excluding steroid dienone is 1. The van der Waals surface area contributed by atoms with Gasteiger partial charge in [-0.3, -0.25) is 10.1 Å². The number of anilines is 1. The summed E-state index contributed by atoms with van der Waals surface area (Å²) in [4.78, 5) is 10.3. The molecule has 0 aliphatic heterocycles. The minimum absolute atomic E-state index is 0.0794. The van der Waals surface area contributed by atoms with Crippen molar-refractivity contribution in [3.05, 3.63) is 76.5 Å². The molecule has 0 radical (unpaired) electrons. The van der Waals surface area contributed by atoms with Gasteiger partial charge in [-0.2, -0.15) is 0 Å². The van der Waals surface area contributed by atoms with Crippen molar-refractivity contribution in [2.75, 3.05) is 5.32 Å². The molecule has 2 aromatic rings. The van der Waals surface area contributed by atoms with Gasteiger partial charge >= 0.3 is 0 Å². The van der Waals surface area contributed by atoms with Crippen molar-refractivity contribution in [1.29, 1.82) is 0 Å². The van der Waals surface area contributed by atoms with Crippen LogP contribution in [-0.2, 0) is 0 Å². The van der Waals surface area contributed by atoms with Crippen molar-refractivity contribution >= 4 is 16.9 Å². The summed E-state index contributed by atoms with van der Waals surface area (Å²) in [6.45, 7) is 1.99. The Morgan fingerprint density at radius 3 is 2.58 bits per heavy atom. The second kappa shape index (κ2) is 5.82. The van der Waals surface area contributed by atoms with Gasteiger partial charge in [0.25, 0.3) is 5.69 Å². The fourth-order valence-electron chi connectivity index (χ4n) is 1.69. The molecule has 0 heterocycles. The highest BCUT2D eigenvalue weighted by molar-refractivity contribution is 5.66. The maximum Gasteiger partial charge on any atom is 0.271 e. The van der Waals surface area contributed by atoms with E-state index >= 15 is 0 Å². The number of benzene rings is 2. The molecule has 2 aromatic carbocycles. The van der Waals surface area contributed by atoms with E-state index in [9.17, 15) is 10.1 Å². The Morgan fingerprint density at radius 1 is 1.16 bits per heavy atom. The predicted octanol–water partition coefficient (Wildman–Crippen LogP) is 4.07. The van der Waals surface area contributed by atoms with Gasteiger partial charge in [-0.05, 0) is 24.1 Å². The van der Waals surface area contributed by atoms with Crippen LogP contribution >= 0.6 is 0 Å². The Labute approximate surface area is 111 Å². The molecule has 0 saturated heterocycles. The van der Waals surface area contributed by atoms with Gasteiger partial charge < -0.3 is 5.32 Å². The van der Waals surface area contributed by atoms with Gasteiger partial charge in [0.15, 0.2) is 0 Å². The largest absolute Gasteiger partial charge is 0.361 e. The molecule has 0 aliphatic carbocycles. The Hall–Kier alpha value is -2.62. The molecule has 0 unspecified atom stereocenters. The molecule has 0 aliphatic rings. The SMILES string of the molecule is C/C(=C\Nc1cccc([N+](=O)[O-])c1)c1ccccc1. The molecule has 96 valence electrons. The first-order valence-electron chi connectivity index (χ1n) is 5.90. The summed E-state index contributed by atoms with van der Waals surface area (Å²) < 4.78 is 0. The zero-order valence-corrected chi connectivity index (χ0v) is 10.5. The monoisotopic (exact) mass is 254 g/mol. The minimum atomic E-state index is -0.404. The number of hydrogen-bond donors (Lipinski definition) is 1. The molecule has 0 atom stereocenters. The third-order valence-electron chi connectivity index (χ3n) is 2.74. The number of rotatable bonds is 4. The topological polar surface area (TPSA) is 55.2 Å². The zero-order chi connectivity index (χ0) is 13.7. The van der Waals surface area contributed by atoms with Gasteiger partial charge in [0.05, 0.1) is 4.92 Å². The van der Waals surface area contributed by atoms with Crippen LogP contribution in [0.5, 0.6) is 0 Å². The van der Waals surface area contributed by atoms with Gasteiger partial charge in [-0.1, -0.05) is 36.4 Å². The van der Waals surface area contributed by atoms with Gasteiger partial charge in [-0.15, -0.1) is 0 Å². The minimum Gasteiger partial charge on any atom is -0.361 e. The lowest BCUT2D eigenvalue weighted by molar-refractivity contribution is -0.384. The maximum absolute atomic E-state index is 10.7. The molecule has 0 bridgehead atoms. The number of nitro groups is 1. The first-order chi connectivity index (χ1) is 9.16. The van der Waals surface area contributed by atoms with Crippen LogP contribution in [0.4, 0.5) is 11.4 Å². The van der Waals surface area contributed by atoms with Gasteiger partial charge in [-0.25, -0.2) is 0 Å². The highest BCUT2D eigenvalue weighted by Crippen LogP contribution is 2.18. The Morgan fingerprint density at radius 2 is 1.89 bits per heavy atom. The standard InChI is InChI=1S/C15H14N2O2/c1-12(13-6-3-2-4-7-13)11-16-14-8-5-9-15(10-14)17(18)19/h2-11,16H,1H3/b12-11+. The molecule has 2 rings (SSSR count). The van der Waals surface area contributed by atoms with Crippen LogP contribution < -0.4 is 5.32 Å². The fraction of sp³-hybridized carbons (Fsp3) is 0.0667. The van der Waals surface area contributed by atoms with Gasteiger partial charge in [0.1, 0.15) is 0 Å². The molecule has 4 heteroatoms. The van der Waals surface area contributed by atoms with Crippen molar-refractivity contribution in [3.8, 4) is 0 Å². The lowest BCUT2D eigenvalue weighted by Crippen LogP contribution is -1.92. The second-order valence-electron chi connectivity index (χ2n) is 4.15. The summed E-state index contributed by atoms with van der Waals surface area (Å²) in [6, 6.07) is 16.4. The lowest BCUT2D eigenvalue weighted by atomic mass is 10.1. The molecular formula is C15H14N2O2. The van der Waals surface area contributed by atoms with E-state index in [2.05, 4.69) is 5.32 Å². The molecule has 0 aromatic heterocycles. The third-order valence-corrected chi connectivity index (χ3v) is 2.74. The van der Waals surface area contributed by atoms with Crippen molar-refractivity contribution in [3.63, 3.8) is 0 Å². The average molecular weight is 254 g/mol. The predicted molar refractivity (Wildman–Crippen MR) is 76.8 cm³/mol. The van der Waals surface area contributed by atoms with Crippen LogP contribution in [0, 0.1) is 10.1 Å². The summed E-state index contributed by atoms with van der Waals surface area (Å²) >= 11 is 0. The highest BCUT2D eigenvalue weighted by atomic mass is 16.6. The number of non-ortho nitro benzene ring substituents is 1. The Kier molecular flexibility index (Phi) is 3.93. The van der Waals surface area contributed by atoms with E-state index < -0.39 is 4.92 Å². The first-order valence-corrected chi connectivity index (χ1v) is 5.90. The van der Waals surface area contributed by atoms with Crippen molar-refractivity contribution < 1.29 is 4.92 Å². The molecule has 0 spiro atoms. The van der Waals surface area contributed by atoms with Crippen LogP contribution in [0.3, 0.4) is 0 Å². The Bertz CT molecular complexity index is 607. The van der Waals surface area contributed by atoms with E-state index in [-0.39, 0.29) is 5.69 Å². The van der Waals surface area contributed by atoms with Crippen LogP contribution in [0.15, 0.2) is 60.8 Å². The van der Waals surface area contributed by atoms with Crippen molar-refractivity contribution in [2.45, 2.75) is 6.92 Å². The lowest BCUT2D eigenvalue weighted by Gasteiger charge is -2.04. The third kappa shape index (κ3) is 3.42. The average Bonchev–Trinajstić information content (AvgIpc) is 2.46. The maximum atomic E-state index is 10.7. The fourth-order valence-corrected chi connectivity index (χ4v) is 1.69. The summed E-state index contributed by atoms with van der Waals surface area (Å²) in [5, 5.41) is 13.7. The highest BCUT2D eigenvalue weighted by Gasteiger charge is 2.04. The molecule has 19 heavy (non-hydrogen) atoms. The quantitative estimate of drug-likeness (QED) is 0.661. The molecule has 1 N–H and O–H groups in total. The number of hydrogen-bond acceptors (Lipinski definition) is 3. The van der Waals surface area contributed by atoms with E-state index in [4.69, 9.17) is 0 Å². The van der Waals surface area contributed by atoms with E-state index in [1.54, 1.807) is 12.1 Å². The van der Waals surface area contributed by atoms with E-state index in [0.29, 0.717) is 5.69 Å². The van der Waals surface area contributed by atoms with Crippen LogP contribution in [0.2, 0.25) is 0 Å². The van der Waals surface area contributed by atoms with Gasteiger partial charge in [0.2, 0.25) is 0 Å². The first kappa shape index (κ1) is 12.8. The summed E-state index contributed by atoms with van der Waals surface area (Å²) in [7, 11) is 0. The van der Waals surface area contributed by atoms with E-state index in [0.717, 1.165) is 11.1 Å². The summed E-state index contributed by atoms with van der Waals surface area (Å²) in [5.74, 6) is 0. The van der Waals surface area contributed by atoms with Crippen LogP contribution in [-0.4, -0.2) is 4.92 Å². The molecule has 0 fully saturated rings. The molecule has 0 saturated carbocycles. The second-order valence-corrected chi connectivity index (χ2v) is 4.15. The normalized spacial score (nSPS) is 11.1. The van der Waals surface area contributed by atoms with Crippen molar-refractivity contribution in [1.82, 2.24) is 0 Å². The Balaban J connectivity index is 2.14. The van der Waals surface area contributed by atoms with Crippen LogP contribution in [0.25, 0.3) is 5.57 Å². The van der Waals surface area contributed by atoms with Crippen LogP contribution in [0.1, 0.15) is 12.5 Å². The number of nitrogens with one attached hydrogen (secondary N) is 1.